The number of nitrogens with one attached hydrogen (secondary N) is 1. The summed E-state index contributed by atoms with van der Waals surface area (Å²) >= 11 is 0. The molecule has 9 heteroatoms. The molecule has 1 amide bonds. The van der Waals surface area contributed by atoms with Crippen LogP contribution in [-0.4, -0.2) is 41.3 Å². The predicted octanol–water partition coefficient (Wildman–Crippen LogP) is 3.78. The van der Waals surface area contributed by atoms with E-state index < -0.39 is 10.0 Å². The van der Waals surface area contributed by atoms with Crippen LogP contribution in [0.2, 0.25) is 0 Å². The fraction of sp³-hybridized carbons (Fsp3) is 0.417. The minimum atomic E-state index is -3.57. The maximum atomic E-state index is 13.4. The minimum absolute atomic E-state index is 0.128. The van der Waals surface area contributed by atoms with Crippen molar-refractivity contribution in [3.05, 3.63) is 59.2 Å². The number of carbonyl (C=O) groups excluding carboxylic acids is 1. The Balaban J connectivity index is 1.73. The molecule has 1 heterocycles. The zero-order valence-corrected chi connectivity index (χ0v) is 20.4. The molecule has 3 aromatic rings. The Kier molecular flexibility index (Phi) is 7.86. The van der Waals surface area contributed by atoms with E-state index in [4.69, 9.17) is 0 Å². The molecule has 0 aliphatic rings. The Morgan fingerprint density at radius 1 is 1.12 bits per heavy atom. The first kappa shape index (κ1) is 24.9. The Hall–Kier alpha value is -2.78. The molecule has 0 aliphatic carbocycles. The molecule has 178 valence electrons. The van der Waals surface area contributed by atoms with Gasteiger partial charge in [0, 0.05) is 39.0 Å². The van der Waals surface area contributed by atoms with E-state index in [0.29, 0.717) is 43.7 Å². The van der Waals surface area contributed by atoms with E-state index in [1.165, 1.54) is 10.4 Å². The van der Waals surface area contributed by atoms with E-state index in [1.54, 1.807) is 37.3 Å². The predicted molar refractivity (Wildman–Crippen MR) is 127 cm³/mol. The Morgan fingerprint density at radius 2 is 1.85 bits per heavy atom. The van der Waals surface area contributed by atoms with E-state index in [2.05, 4.69) is 10.3 Å². The highest BCUT2D eigenvalue weighted by atomic mass is 32.2. The Bertz CT molecular complexity index is 1250. The van der Waals surface area contributed by atoms with Crippen LogP contribution in [0.3, 0.4) is 0 Å². The van der Waals surface area contributed by atoms with Crippen LogP contribution in [0.5, 0.6) is 0 Å². The molecule has 0 spiro atoms. The molecule has 0 fully saturated rings. The summed E-state index contributed by atoms with van der Waals surface area (Å²) in [6, 6.07) is 9.78. The van der Waals surface area contributed by atoms with E-state index in [1.807, 2.05) is 25.3 Å². The van der Waals surface area contributed by atoms with Crippen LogP contribution >= 0.6 is 0 Å². The van der Waals surface area contributed by atoms with Crippen molar-refractivity contribution in [3.63, 3.8) is 0 Å². The number of nitrogens with zero attached hydrogens (tertiary/aromatic N) is 3. The van der Waals surface area contributed by atoms with Gasteiger partial charge in [-0.15, -0.1) is 0 Å². The van der Waals surface area contributed by atoms with Crippen LogP contribution in [0.1, 0.15) is 44.1 Å². The second-order valence-corrected chi connectivity index (χ2v) is 9.81. The third-order valence-electron chi connectivity index (χ3n) is 5.75. The number of amides is 1. The highest BCUT2D eigenvalue weighted by molar-refractivity contribution is 7.89. The standard InChI is InChI=1S/C24H31FN4O3S/c1-5-28(6-2)33(31,32)19-9-11-22-21(15-19)27-23(29(22)7-3)12-13-24(30)26-16-18-8-10-20(25)17(4)14-18/h8-11,14-15H,5-7,12-13,16H2,1-4H3,(H,26,30). The number of aryl methyl sites for hydroxylation is 3. The second kappa shape index (κ2) is 10.4. The van der Waals surface area contributed by atoms with Gasteiger partial charge in [-0.25, -0.2) is 17.8 Å². The van der Waals surface area contributed by atoms with E-state index in [-0.39, 0.29) is 23.0 Å². The molecule has 2 aromatic carbocycles. The molecule has 0 saturated heterocycles. The van der Waals surface area contributed by atoms with Gasteiger partial charge in [0.2, 0.25) is 15.9 Å². The molecule has 0 unspecified atom stereocenters. The van der Waals surface area contributed by atoms with Crippen LogP contribution < -0.4 is 5.32 Å². The van der Waals surface area contributed by atoms with Crippen LogP contribution in [0.15, 0.2) is 41.3 Å². The molecule has 7 nitrogen and oxygen atoms in total. The maximum Gasteiger partial charge on any atom is 0.243 e. The first-order valence-electron chi connectivity index (χ1n) is 11.2. The third kappa shape index (κ3) is 5.42. The van der Waals surface area contributed by atoms with Crippen molar-refractivity contribution >= 4 is 27.0 Å². The molecule has 0 saturated carbocycles. The number of fused-ring (bicyclic) bond motifs is 1. The van der Waals surface area contributed by atoms with Gasteiger partial charge in [-0.3, -0.25) is 4.79 Å². The van der Waals surface area contributed by atoms with Gasteiger partial charge >= 0.3 is 0 Å². The number of carbonyl (C=O) groups is 1. The number of rotatable bonds is 10. The quantitative estimate of drug-likeness (QED) is 0.485. The lowest BCUT2D eigenvalue weighted by Gasteiger charge is -2.18. The van der Waals surface area contributed by atoms with Crippen molar-refractivity contribution in [2.24, 2.45) is 0 Å². The zero-order valence-electron chi connectivity index (χ0n) is 19.6. The molecular weight excluding hydrogens is 443 g/mol. The van der Waals surface area contributed by atoms with Crippen molar-refractivity contribution < 1.29 is 17.6 Å². The largest absolute Gasteiger partial charge is 0.352 e. The number of aromatic nitrogens is 2. The molecule has 0 atom stereocenters. The van der Waals surface area contributed by atoms with Crippen molar-refractivity contribution in [2.45, 2.75) is 58.5 Å². The summed E-state index contributed by atoms with van der Waals surface area (Å²) in [5.74, 6) is 0.339. The minimum Gasteiger partial charge on any atom is -0.352 e. The SMILES string of the molecule is CCN(CC)S(=O)(=O)c1ccc2c(c1)nc(CCC(=O)NCc1ccc(F)c(C)c1)n2CC. The second-order valence-electron chi connectivity index (χ2n) is 7.87. The van der Waals surface area contributed by atoms with Gasteiger partial charge in [-0.05, 0) is 49.2 Å². The smallest absolute Gasteiger partial charge is 0.243 e. The third-order valence-corrected chi connectivity index (χ3v) is 7.79. The molecule has 1 aromatic heterocycles. The molecule has 1 N–H and O–H groups in total. The van der Waals surface area contributed by atoms with Crippen molar-refractivity contribution in [2.75, 3.05) is 13.1 Å². The van der Waals surface area contributed by atoms with Crippen molar-refractivity contribution in [1.82, 2.24) is 19.2 Å². The topological polar surface area (TPSA) is 84.3 Å². The van der Waals surface area contributed by atoms with Crippen molar-refractivity contribution in [1.29, 1.82) is 0 Å². The maximum absolute atomic E-state index is 13.4. The van der Waals surface area contributed by atoms with Crippen LogP contribution in [-0.2, 0) is 34.3 Å². The highest BCUT2D eigenvalue weighted by Gasteiger charge is 2.23. The van der Waals surface area contributed by atoms with Gasteiger partial charge in [-0.2, -0.15) is 4.31 Å². The lowest BCUT2D eigenvalue weighted by atomic mass is 10.1. The Morgan fingerprint density at radius 3 is 2.48 bits per heavy atom. The first-order valence-corrected chi connectivity index (χ1v) is 12.7. The summed E-state index contributed by atoms with van der Waals surface area (Å²) in [5.41, 5.74) is 2.82. The molecule has 0 bridgehead atoms. The number of hydrogen-bond donors (Lipinski definition) is 1. The normalized spacial score (nSPS) is 11.9. The fourth-order valence-electron chi connectivity index (χ4n) is 3.91. The molecular formula is C24H31FN4O3S. The van der Waals surface area contributed by atoms with Crippen LogP contribution in [0, 0.1) is 12.7 Å². The number of halogens is 1. The Labute approximate surface area is 194 Å². The van der Waals surface area contributed by atoms with Crippen molar-refractivity contribution in [3.8, 4) is 0 Å². The number of sulfonamides is 1. The summed E-state index contributed by atoms with van der Waals surface area (Å²) in [6.45, 7) is 9.09. The zero-order chi connectivity index (χ0) is 24.2. The monoisotopic (exact) mass is 474 g/mol. The van der Waals surface area contributed by atoms with Crippen LogP contribution in [0.25, 0.3) is 11.0 Å². The van der Waals surface area contributed by atoms with Gasteiger partial charge in [0.25, 0.3) is 0 Å². The summed E-state index contributed by atoms with van der Waals surface area (Å²) in [7, 11) is -3.57. The average molecular weight is 475 g/mol. The van der Waals surface area contributed by atoms with Gasteiger partial charge in [0.05, 0.1) is 15.9 Å². The lowest BCUT2D eigenvalue weighted by Crippen LogP contribution is -2.30. The van der Waals surface area contributed by atoms with E-state index in [9.17, 15) is 17.6 Å². The van der Waals surface area contributed by atoms with E-state index >= 15 is 0 Å². The lowest BCUT2D eigenvalue weighted by molar-refractivity contribution is -0.121. The van der Waals surface area contributed by atoms with Gasteiger partial charge in [0.1, 0.15) is 11.6 Å². The summed E-state index contributed by atoms with van der Waals surface area (Å²) in [6.07, 6.45) is 0.670. The van der Waals surface area contributed by atoms with Gasteiger partial charge < -0.3 is 9.88 Å². The molecule has 0 radical (unpaired) electrons. The average Bonchev–Trinajstić information content (AvgIpc) is 3.15. The summed E-state index contributed by atoms with van der Waals surface area (Å²) in [5, 5.41) is 2.86. The molecule has 33 heavy (non-hydrogen) atoms. The number of benzene rings is 2. The fourth-order valence-corrected chi connectivity index (χ4v) is 5.39. The van der Waals surface area contributed by atoms with Gasteiger partial charge in [0.15, 0.2) is 0 Å². The highest BCUT2D eigenvalue weighted by Crippen LogP contribution is 2.23. The molecule has 0 aliphatic heterocycles. The summed E-state index contributed by atoms with van der Waals surface area (Å²) < 4.78 is 42.5. The van der Waals surface area contributed by atoms with Crippen LogP contribution in [0.4, 0.5) is 4.39 Å². The number of imidazole rings is 1. The number of hydrogen-bond acceptors (Lipinski definition) is 4. The first-order chi connectivity index (χ1) is 15.7. The molecule has 3 rings (SSSR count). The van der Waals surface area contributed by atoms with E-state index in [0.717, 1.165) is 16.9 Å². The van der Waals surface area contributed by atoms with Gasteiger partial charge in [-0.1, -0.05) is 26.0 Å². The summed E-state index contributed by atoms with van der Waals surface area (Å²) in [4.78, 5) is 17.2.